The van der Waals surface area contributed by atoms with Gasteiger partial charge in [0.05, 0.1) is 23.4 Å². The van der Waals surface area contributed by atoms with Gasteiger partial charge >= 0.3 is 0 Å². The topological polar surface area (TPSA) is 54.5 Å². The standard InChI is InChI=1S/C15H19N3O2S/c1-2-14(19)17-15-16-12-4-3-11(9-13(12)21-15)10-18-5-7-20-8-6-18/h3-4,9H,2,5-8,10H2,1H3,(H,16,17,19). The Labute approximate surface area is 127 Å². The SMILES string of the molecule is CCC(=O)Nc1nc2ccc(CN3CCOCC3)cc2s1. The van der Waals surface area contributed by atoms with Crippen LogP contribution in [0.2, 0.25) is 0 Å². The molecule has 1 fully saturated rings. The van der Waals surface area contributed by atoms with Crippen LogP contribution in [0.4, 0.5) is 5.13 Å². The molecule has 2 aromatic rings. The lowest BCUT2D eigenvalue weighted by molar-refractivity contribution is -0.115. The zero-order valence-corrected chi connectivity index (χ0v) is 12.9. The first kappa shape index (κ1) is 14.4. The van der Waals surface area contributed by atoms with Gasteiger partial charge in [-0.2, -0.15) is 0 Å². The van der Waals surface area contributed by atoms with E-state index in [9.17, 15) is 4.79 Å². The molecule has 3 rings (SSSR count). The lowest BCUT2D eigenvalue weighted by Gasteiger charge is -2.26. The van der Waals surface area contributed by atoms with Gasteiger partial charge in [-0.25, -0.2) is 4.98 Å². The first-order valence-corrected chi connectivity index (χ1v) is 8.05. The number of morpholine rings is 1. The summed E-state index contributed by atoms with van der Waals surface area (Å²) in [5.74, 6) is 0.00240. The number of ether oxygens (including phenoxy) is 1. The van der Waals surface area contributed by atoms with E-state index in [0.29, 0.717) is 11.6 Å². The molecule has 0 unspecified atom stereocenters. The Balaban J connectivity index is 1.74. The Morgan fingerprint density at radius 1 is 1.43 bits per heavy atom. The number of thiazole rings is 1. The fourth-order valence-electron chi connectivity index (χ4n) is 2.35. The second-order valence-electron chi connectivity index (χ2n) is 5.11. The minimum atomic E-state index is 0.00240. The monoisotopic (exact) mass is 305 g/mol. The highest BCUT2D eigenvalue weighted by Gasteiger charge is 2.12. The van der Waals surface area contributed by atoms with Crippen LogP contribution in [0.3, 0.4) is 0 Å². The van der Waals surface area contributed by atoms with Crippen LogP contribution in [0.1, 0.15) is 18.9 Å². The maximum absolute atomic E-state index is 11.4. The molecule has 1 N–H and O–H groups in total. The van der Waals surface area contributed by atoms with Crippen molar-refractivity contribution in [1.82, 2.24) is 9.88 Å². The first-order valence-electron chi connectivity index (χ1n) is 7.24. The van der Waals surface area contributed by atoms with Crippen molar-refractivity contribution >= 4 is 32.6 Å². The molecule has 2 heterocycles. The van der Waals surface area contributed by atoms with Crippen LogP contribution in [0.15, 0.2) is 18.2 Å². The number of hydrogen-bond donors (Lipinski definition) is 1. The quantitative estimate of drug-likeness (QED) is 0.943. The van der Waals surface area contributed by atoms with E-state index in [2.05, 4.69) is 27.3 Å². The van der Waals surface area contributed by atoms with Crippen molar-refractivity contribution in [3.63, 3.8) is 0 Å². The van der Waals surface area contributed by atoms with Gasteiger partial charge in [0.2, 0.25) is 5.91 Å². The van der Waals surface area contributed by atoms with Crippen molar-refractivity contribution in [2.24, 2.45) is 0 Å². The molecule has 0 radical (unpaired) electrons. The molecule has 1 aliphatic heterocycles. The number of carbonyl (C=O) groups is 1. The summed E-state index contributed by atoms with van der Waals surface area (Å²) in [6, 6.07) is 6.32. The van der Waals surface area contributed by atoms with E-state index in [0.717, 1.165) is 43.1 Å². The number of nitrogens with one attached hydrogen (secondary N) is 1. The molecule has 0 bridgehead atoms. The number of aromatic nitrogens is 1. The fraction of sp³-hybridized carbons (Fsp3) is 0.467. The summed E-state index contributed by atoms with van der Waals surface area (Å²) in [6.07, 6.45) is 0.470. The molecule has 1 aromatic heterocycles. The fourth-order valence-corrected chi connectivity index (χ4v) is 3.29. The van der Waals surface area contributed by atoms with E-state index in [1.165, 1.54) is 16.9 Å². The summed E-state index contributed by atoms with van der Waals surface area (Å²) < 4.78 is 6.49. The van der Waals surface area contributed by atoms with Crippen molar-refractivity contribution in [1.29, 1.82) is 0 Å². The van der Waals surface area contributed by atoms with E-state index in [-0.39, 0.29) is 5.91 Å². The molecule has 1 aromatic carbocycles. The maximum Gasteiger partial charge on any atom is 0.225 e. The molecule has 0 aliphatic carbocycles. The van der Waals surface area contributed by atoms with Crippen molar-refractivity contribution < 1.29 is 9.53 Å². The van der Waals surface area contributed by atoms with E-state index < -0.39 is 0 Å². The van der Waals surface area contributed by atoms with Crippen LogP contribution < -0.4 is 5.32 Å². The highest BCUT2D eigenvalue weighted by Crippen LogP contribution is 2.27. The zero-order valence-electron chi connectivity index (χ0n) is 12.1. The summed E-state index contributed by atoms with van der Waals surface area (Å²) in [5, 5.41) is 3.50. The number of benzene rings is 1. The Hall–Kier alpha value is -1.50. The molecule has 112 valence electrons. The average Bonchev–Trinajstić information content (AvgIpc) is 2.89. The number of fused-ring (bicyclic) bond motifs is 1. The maximum atomic E-state index is 11.4. The van der Waals surface area contributed by atoms with Gasteiger partial charge in [-0.05, 0) is 17.7 Å². The van der Waals surface area contributed by atoms with E-state index >= 15 is 0 Å². The van der Waals surface area contributed by atoms with Gasteiger partial charge < -0.3 is 10.1 Å². The van der Waals surface area contributed by atoms with E-state index in [1.54, 1.807) is 0 Å². The summed E-state index contributed by atoms with van der Waals surface area (Å²) in [5.41, 5.74) is 2.22. The third-order valence-corrected chi connectivity index (χ3v) is 4.46. The van der Waals surface area contributed by atoms with Crippen LogP contribution in [-0.4, -0.2) is 42.1 Å². The zero-order chi connectivity index (χ0) is 14.7. The second kappa shape index (κ2) is 6.51. The molecular formula is C15H19N3O2S. The minimum absolute atomic E-state index is 0.00240. The average molecular weight is 305 g/mol. The largest absolute Gasteiger partial charge is 0.379 e. The van der Waals surface area contributed by atoms with Crippen molar-refractivity contribution in [2.75, 3.05) is 31.6 Å². The van der Waals surface area contributed by atoms with E-state index in [1.807, 2.05) is 13.0 Å². The first-order chi connectivity index (χ1) is 10.2. The molecule has 0 atom stereocenters. The van der Waals surface area contributed by atoms with Crippen LogP contribution in [-0.2, 0) is 16.1 Å². The molecule has 0 spiro atoms. The highest BCUT2D eigenvalue weighted by molar-refractivity contribution is 7.22. The van der Waals surface area contributed by atoms with Crippen molar-refractivity contribution in [2.45, 2.75) is 19.9 Å². The molecule has 1 saturated heterocycles. The molecule has 6 heteroatoms. The van der Waals surface area contributed by atoms with Gasteiger partial charge in [-0.1, -0.05) is 24.3 Å². The van der Waals surface area contributed by atoms with Crippen LogP contribution in [0.5, 0.6) is 0 Å². The second-order valence-corrected chi connectivity index (χ2v) is 6.14. The van der Waals surface area contributed by atoms with Gasteiger partial charge in [0.1, 0.15) is 0 Å². The van der Waals surface area contributed by atoms with E-state index in [4.69, 9.17) is 4.74 Å². The van der Waals surface area contributed by atoms with Gasteiger partial charge in [0.15, 0.2) is 5.13 Å². The lowest BCUT2D eigenvalue weighted by Crippen LogP contribution is -2.35. The van der Waals surface area contributed by atoms with Gasteiger partial charge in [0.25, 0.3) is 0 Å². The summed E-state index contributed by atoms with van der Waals surface area (Å²) >= 11 is 1.53. The van der Waals surface area contributed by atoms with Gasteiger partial charge in [-0.15, -0.1) is 0 Å². The predicted molar refractivity (Wildman–Crippen MR) is 84.6 cm³/mol. The summed E-state index contributed by atoms with van der Waals surface area (Å²) in [4.78, 5) is 18.3. The highest BCUT2D eigenvalue weighted by atomic mass is 32.1. The Bertz CT molecular complexity index is 635. The predicted octanol–water partition coefficient (Wildman–Crippen LogP) is 2.48. The van der Waals surface area contributed by atoms with Crippen LogP contribution in [0, 0.1) is 0 Å². The summed E-state index contributed by atoms with van der Waals surface area (Å²) in [7, 11) is 0. The normalized spacial score (nSPS) is 16.2. The molecular weight excluding hydrogens is 286 g/mol. The van der Waals surface area contributed by atoms with Crippen molar-refractivity contribution in [3.05, 3.63) is 23.8 Å². The lowest BCUT2D eigenvalue weighted by atomic mass is 10.2. The third kappa shape index (κ3) is 3.58. The number of hydrogen-bond acceptors (Lipinski definition) is 5. The number of carbonyl (C=O) groups excluding carboxylic acids is 1. The smallest absolute Gasteiger partial charge is 0.225 e. The van der Waals surface area contributed by atoms with Crippen LogP contribution >= 0.6 is 11.3 Å². The molecule has 0 saturated carbocycles. The summed E-state index contributed by atoms with van der Waals surface area (Å²) in [6.45, 7) is 6.38. The number of rotatable bonds is 4. The van der Waals surface area contributed by atoms with Gasteiger partial charge in [-0.3, -0.25) is 9.69 Å². The number of nitrogens with zero attached hydrogens (tertiary/aromatic N) is 2. The molecule has 1 aliphatic rings. The van der Waals surface area contributed by atoms with Crippen molar-refractivity contribution in [3.8, 4) is 0 Å². The third-order valence-electron chi connectivity index (χ3n) is 3.53. The van der Waals surface area contributed by atoms with Crippen LogP contribution in [0.25, 0.3) is 10.2 Å². The molecule has 21 heavy (non-hydrogen) atoms. The van der Waals surface area contributed by atoms with Gasteiger partial charge in [0, 0.05) is 26.1 Å². The number of anilines is 1. The Morgan fingerprint density at radius 3 is 3.00 bits per heavy atom. The Kier molecular flexibility index (Phi) is 4.48. The molecule has 1 amide bonds. The Morgan fingerprint density at radius 2 is 2.24 bits per heavy atom. The minimum Gasteiger partial charge on any atom is -0.379 e. The number of amides is 1. The molecule has 5 nitrogen and oxygen atoms in total.